The topological polar surface area (TPSA) is 82.3 Å². The van der Waals surface area contributed by atoms with Crippen molar-refractivity contribution in [1.82, 2.24) is 0 Å². The molecular weight excluding hydrogens is 304 g/mol. The van der Waals surface area contributed by atoms with Crippen molar-refractivity contribution >= 4 is 29.3 Å². The van der Waals surface area contributed by atoms with Gasteiger partial charge in [-0.2, -0.15) is 4.73 Å². The molecule has 0 fully saturated rings. The summed E-state index contributed by atoms with van der Waals surface area (Å²) in [6.07, 6.45) is 1.38. The van der Waals surface area contributed by atoms with E-state index < -0.39 is 5.97 Å². The summed E-state index contributed by atoms with van der Waals surface area (Å²) in [6.45, 7) is 0. The Hall–Kier alpha value is -2.54. The van der Waals surface area contributed by atoms with Gasteiger partial charge in [0.1, 0.15) is 0 Å². The van der Waals surface area contributed by atoms with Gasteiger partial charge >= 0.3 is 5.97 Å². The normalized spacial score (nSPS) is 10.0. The van der Waals surface area contributed by atoms with Gasteiger partial charge in [0.25, 0.3) is 5.03 Å². The van der Waals surface area contributed by atoms with Gasteiger partial charge in [0.05, 0.1) is 18.4 Å². The lowest BCUT2D eigenvalue weighted by Crippen LogP contribution is -2.28. The highest BCUT2D eigenvalue weighted by Gasteiger charge is 2.10. The first-order chi connectivity index (χ1) is 10.6. The summed E-state index contributed by atoms with van der Waals surface area (Å²) in [5.41, 5.74) is 0.852. The third kappa shape index (κ3) is 4.23. The average Bonchev–Trinajstić information content (AvgIpc) is 2.53. The molecule has 0 atom stereocenters. The molecule has 6 nitrogen and oxygen atoms in total. The lowest BCUT2D eigenvalue weighted by molar-refractivity contribution is -0.645. The number of pyridine rings is 1. The maximum absolute atomic E-state index is 11.9. The largest absolute Gasteiger partial charge is 0.618 e. The van der Waals surface area contributed by atoms with Crippen LogP contribution in [0.4, 0.5) is 5.69 Å². The minimum Gasteiger partial charge on any atom is -0.618 e. The zero-order valence-electron chi connectivity index (χ0n) is 11.8. The van der Waals surface area contributed by atoms with Crippen molar-refractivity contribution < 1.29 is 19.1 Å². The van der Waals surface area contributed by atoms with Crippen LogP contribution in [0, 0.1) is 5.21 Å². The van der Waals surface area contributed by atoms with E-state index in [1.165, 1.54) is 19.4 Å². The van der Waals surface area contributed by atoms with Crippen LogP contribution in [-0.4, -0.2) is 24.7 Å². The fraction of sp³-hybridized carbons (Fsp3) is 0.133. The number of nitrogens with zero attached hydrogens (tertiary/aromatic N) is 1. The molecule has 0 saturated carbocycles. The minimum atomic E-state index is -0.470. The molecule has 1 aromatic carbocycles. The summed E-state index contributed by atoms with van der Waals surface area (Å²) in [5, 5.41) is 14.6. The maximum Gasteiger partial charge on any atom is 0.337 e. The molecule has 1 aromatic heterocycles. The summed E-state index contributed by atoms with van der Waals surface area (Å²) in [7, 11) is 1.29. The number of carbonyl (C=O) groups excluding carboxylic acids is 2. The van der Waals surface area contributed by atoms with Crippen molar-refractivity contribution in [2.45, 2.75) is 5.03 Å². The maximum atomic E-state index is 11.9. The van der Waals surface area contributed by atoms with Crippen LogP contribution in [0.5, 0.6) is 0 Å². The molecule has 1 amide bonds. The first-order valence-corrected chi connectivity index (χ1v) is 7.38. The van der Waals surface area contributed by atoms with E-state index in [4.69, 9.17) is 0 Å². The molecule has 114 valence electrons. The molecule has 0 aliphatic rings. The smallest absolute Gasteiger partial charge is 0.337 e. The fourth-order valence-corrected chi connectivity index (χ4v) is 2.42. The van der Waals surface area contributed by atoms with Crippen molar-refractivity contribution in [3.05, 3.63) is 59.4 Å². The Bertz CT molecular complexity index is 691. The average molecular weight is 318 g/mol. The third-order valence-electron chi connectivity index (χ3n) is 2.71. The van der Waals surface area contributed by atoms with E-state index in [2.05, 4.69) is 10.1 Å². The van der Waals surface area contributed by atoms with Gasteiger partial charge in [-0.25, -0.2) is 4.79 Å². The predicted molar refractivity (Wildman–Crippen MR) is 82.5 cm³/mol. The van der Waals surface area contributed by atoms with Gasteiger partial charge in [0.2, 0.25) is 5.91 Å². The van der Waals surface area contributed by atoms with E-state index in [1.54, 1.807) is 36.4 Å². The number of benzene rings is 1. The number of thioether (sulfide) groups is 1. The Balaban J connectivity index is 1.95. The summed E-state index contributed by atoms with van der Waals surface area (Å²) >= 11 is 1.14. The molecule has 0 bridgehead atoms. The number of anilines is 1. The number of esters is 1. The van der Waals surface area contributed by atoms with Crippen molar-refractivity contribution in [3.63, 3.8) is 0 Å². The van der Waals surface area contributed by atoms with Gasteiger partial charge in [-0.15, -0.1) is 0 Å². The number of aromatic nitrogens is 1. The Morgan fingerprint density at radius 2 is 2.09 bits per heavy atom. The quantitative estimate of drug-likeness (QED) is 0.394. The van der Waals surface area contributed by atoms with Crippen molar-refractivity contribution in [3.8, 4) is 0 Å². The van der Waals surface area contributed by atoms with Gasteiger partial charge < -0.3 is 15.3 Å². The molecule has 1 N–H and O–H groups in total. The van der Waals surface area contributed by atoms with Crippen molar-refractivity contribution in [2.75, 3.05) is 18.2 Å². The van der Waals surface area contributed by atoms with E-state index in [0.717, 1.165) is 11.8 Å². The SMILES string of the molecule is COC(=O)c1cccc(NC(=O)CSc2cccc[n+]2[O-])c1. The van der Waals surface area contributed by atoms with E-state index >= 15 is 0 Å². The molecule has 0 radical (unpaired) electrons. The second kappa shape index (κ2) is 7.46. The van der Waals surface area contributed by atoms with E-state index in [-0.39, 0.29) is 11.7 Å². The zero-order valence-corrected chi connectivity index (χ0v) is 12.6. The van der Waals surface area contributed by atoms with Gasteiger partial charge in [-0.05, 0) is 36.0 Å². The molecule has 2 rings (SSSR count). The minimum absolute atomic E-state index is 0.0920. The lowest BCUT2D eigenvalue weighted by atomic mass is 10.2. The Morgan fingerprint density at radius 3 is 2.82 bits per heavy atom. The monoisotopic (exact) mass is 318 g/mol. The number of carbonyl (C=O) groups is 2. The standard InChI is InChI=1S/C15H14N2O4S/c1-21-15(19)11-5-4-6-12(9-11)16-13(18)10-22-14-7-2-3-8-17(14)20/h2-9H,10H2,1H3,(H,16,18). The molecule has 0 spiro atoms. The van der Waals surface area contributed by atoms with Gasteiger partial charge in [0.15, 0.2) is 6.20 Å². The lowest BCUT2D eigenvalue weighted by Gasteiger charge is -2.07. The van der Waals surface area contributed by atoms with Gasteiger partial charge in [-0.3, -0.25) is 4.79 Å². The molecular formula is C15H14N2O4S. The Kier molecular flexibility index (Phi) is 5.37. The molecule has 1 heterocycles. The summed E-state index contributed by atoms with van der Waals surface area (Å²) in [5.74, 6) is -0.646. The van der Waals surface area contributed by atoms with Crippen LogP contribution in [0.1, 0.15) is 10.4 Å². The fourth-order valence-electron chi connectivity index (χ4n) is 1.70. The van der Waals surface area contributed by atoms with Crippen LogP contribution >= 0.6 is 11.8 Å². The second-order valence-corrected chi connectivity index (χ2v) is 5.27. The van der Waals surface area contributed by atoms with Crippen molar-refractivity contribution in [2.24, 2.45) is 0 Å². The van der Waals surface area contributed by atoms with Crippen LogP contribution in [0.2, 0.25) is 0 Å². The van der Waals surface area contributed by atoms with Crippen LogP contribution < -0.4 is 10.0 Å². The van der Waals surface area contributed by atoms with Crippen LogP contribution in [0.3, 0.4) is 0 Å². The van der Waals surface area contributed by atoms with Crippen LogP contribution in [0.15, 0.2) is 53.7 Å². The number of nitrogens with one attached hydrogen (secondary N) is 1. The first-order valence-electron chi connectivity index (χ1n) is 6.39. The highest BCUT2D eigenvalue weighted by Crippen LogP contribution is 2.15. The second-order valence-electron chi connectivity index (χ2n) is 4.27. The van der Waals surface area contributed by atoms with Gasteiger partial charge in [0, 0.05) is 17.8 Å². The summed E-state index contributed by atoms with van der Waals surface area (Å²) in [4.78, 5) is 23.3. The van der Waals surface area contributed by atoms with Gasteiger partial charge in [-0.1, -0.05) is 6.07 Å². The highest BCUT2D eigenvalue weighted by atomic mass is 32.2. The number of hydrogen-bond acceptors (Lipinski definition) is 5. The zero-order chi connectivity index (χ0) is 15.9. The number of methoxy groups -OCH3 is 1. The number of hydrogen-bond donors (Lipinski definition) is 1. The molecule has 22 heavy (non-hydrogen) atoms. The Labute approximate surface area is 131 Å². The highest BCUT2D eigenvalue weighted by molar-refractivity contribution is 7.99. The number of ether oxygens (including phenoxy) is 1. The van der Waals surface area contributed by atoms with E-state index in [0.29, 0.717) is 21.0 Å². The van der Waals surface area contributed by atoms with Crippen LogP contribution in [-0.2, 0) is 9.53 Å². The predicted octanol–water partition coefficient (Wildman–Crippen LogP) is 1.84. The van der Waals surface area contributed by atoms with Crippen LogP contribution in [0.25, 0.3) is 0 Å². The molecule has 0 unspecified atom stereocenters. The molecule has 0 aliphatic heterocycles. The Morgan fingerprint density at radius 1 is 1.27 bits per heavy atom. The first kappa shape index (κ1) is 15.8. The third-order valence-corrected chi connectivity index (χ3v) is 3.73. The van der Waals surface area contributed by atoms with E-state index in [9.17, 15) is 14.8 Å². The summed E-state index contributed by atoms with van der Waals surface area (Å²) in [6, 6.07) is 11.4. The van der Waals surface area contributed by atoms with E-state index in [1.807, 2.05) is 0 Å². The molecule has 2 aromatic rings. The summed E-state index contributed by atoms with van der Waals surface area (Å²) < 4.78 is 5.33. The molecule has 7 heteroatoms. The molecule has 0 aliphatic carbocycles. The van der Waals surface area contributed by atoms with Crippen molar-refractivity contribution in [1.29, 1.82) is 0 Å². The number of amides is 1. The molecule has 0 saturated heterocycles. The number of rotatable bonds is 5.